The minimum Gasteiger partial charge on any atom is -0.508 e. The third kappa shape index (κ3) is 5.99. The molecule has 0 unspecified atom stereocenters. The summed E-state index contributed by atoms with van der Waals surface area (Å²) in [5.41, 5.74) is 2.72. The molecule has 3 rings (SSSR count). The summed E-state index contributed by atoms with van der Waals surface area (Å²) in [6, 6.07) is 20.3. The molecule has 158 valence electrons. The molecular weight excluding hydrogens is 394 g/mol. The fourth-order valence-electron chi connectivity index (χ4n) is 2.87. The highest BCUT2D eigenvalue weighted by Crippen LogP contribution is 2.25. The number of amides is 1. The van der Waals surface area contributed by atoms with Gasteiger partial charge >= 0.3 is 5.97 Å². The second kappa shape index (κ2) is 10.2. The molecule has 0 bridgehead atoms. The molecule has 0 atom stereocenters. The number of carbonyl (C=O) groups excluding carboxylic acids is 2. The van der Waals surface area contributed by atoms with Crippen LogP contribution in [0.4, 0.5) is 17.1 Å². The van der Waals surface area contributed by atoms with Gasteiger partial charge in [0.1, 0.15) is 11.4 Å². The predicted octanol–water partition coefficient (Wildman–Crippen LogP) is 5.73. The van der Waals surface area contributed by atoms with Gasteiger partial charge in [-0.2, -0.15) is 5.11 Å². The second-order valence-electron chi connectivity index (χ2n) is 7.10. The summed E-state index contributed by atoms with van der Waals surface area (Å²) in [5.74, 6) is -0.737. The molecule has 0 aliphatic rings. The number of esters is 1. The van der Waals surface area contributed by atoms with Gasteiger partial charge in [0, 0.05) is 5.69 Å². The van der Waals surface area contributed by atoms with Crippen LogP contribution in [-0.2, 0) is 9.53 Å². The number of rotatable bonds is 7. The van der Waals surface area contributed by atoms with Crippen molar-refractivity contribution in [3.63, 3.8) is 0 Å². The summed E-state index contributed by atoms with van der Waals surface area (Å²) in [4.78, 5) is 24.8. The van der Waals surface area contributed by atoms with Crippen molar-refractivity contribution in [3.05, 3.63) is 83.9 Å². The van der Waals surface area contributed by atoms with Crippen LogP contribution in [0.2, 0.25) is 0 Å². The Bertz CT molecular complexity index is 1090. The maximum absolute atomic E-state index is 12.5. The average molecular weight is 417 g/mol. The quantitative estimate of drug-likeness (QED) is 0.379. The van der Waals surface area contributed by atoms with Gasteiger partial charge in [0.15, 0.2) is 6.61 Å². The van der Waals surface area contributed by atoms with E-state index in [2.05, 4.69) is 15.5 Å². The third-order valence-electron chi connectivity index (χ3n) is 4.44. The normalized spacial score (nSPS) is 10.9. The molecule has 0 aliphatic heterocycles. The number of ether oxygens (including phenoxy) is 1. The number of aromatic hydroxyl groups is 1. The van der Waals surface area contributed by atoms with Crippen molar-refractivity contribution in [2.24, 2.45) is 10.2 Å². The number of phenolic OH excluding ortho intramolecular Hbond substituents is 1. The Kier molecular flexibility index (Phi) is 7.11. The van der Waals surface area contributed by atoms with E-state index in [1.807, 2.05) is 38.1 Å². The fourth-order valence-corrected chi connectivity index (χ4v) is 2.87. The lowest BCUT2D eigenvalue weighted by atomic mass is 10.0. The molecule has 0 saturated carbocycles. The van der Waals surface area contributed by atoms with E-state index >= 15 is 0 Å². The van der Waals surface area contributed by atoms with Crippen molar-refractivity contribution in [3.8, 4) is 5.75 Å². The van der Waals surface area contributed by atoms with Crippen LogP contribution in [0.5, 0.6) is 5.75 Å². The standard InChI is InChI=1S/C24H23N3O4/c1-16(2)19-7-3-5-9-21(19)25-23(29)15-31-24(30)20-8-4-6-10-22(20)27-26-17-11-13-18(28)14-12-17/h3-14,16,28H,15H2,1-2H3,(H,25,29). The van der Waals surface area contributed by atoms with E-state index in [9.17, 15) is 14.7 Å². The van der Waals surface area contributed by atoms with Crippen LogP contribution < -0.4 is 5.32 Å². The lowest BCUT2D eigenvalue weighted by molar-refractivity contribution is -0.119. The smallest absolute Gasteiger partial charge is 0.340 e. The predicted molar refractivity (Wildman–Crippen MR) is 118 cm³/mol. The summed E-state index contributed by atoms with van der Waals surface area (Å²) in [6.45, 7) is 3.65. The number of para-hydroxylation sites is 1. The van der Waals surface area contributed by atoms with E-state index in [0.29, 0.717) is 17.1 Å². The number of anilines is 1. The molecule has 0 saturated heterocycles. The fraction of sp³-hybridized carbons (Fsp3) is 0.167. The van der Waals surface area contributed by atoms with Crippen LogP contribution in [0.1, 0.15) is 35.7 Å². The van der Waals surface area contributed by atoms with Gasteiger partial charge in [-0.1, -0.05) is 44.2 Å². The monoisotopic (exact) mass is 417 g/mol. The van der Waals surface area contributed by atoms with Gasteiger partial charge in [-0.15, -0.1) is 5.11 Å². The van der Waals surface area contributed by atoms with Gasteiger partial charge in [0.05, 0.1) is 11.3 Å². The molecule has 3 aromatic carbocycles. The number of phenols is 1. The maximum atomic E-state index is 12.5. The van der Waals surface area contributed by atoms with Crippen molar-refractivity contribution in [1.29, 1.82) is 0 Å². The maximum Gasteiger partial charge on any atom is 0.340 e. The molecular formula is C24H23N3O4. The SMILES string of the molecule is CC(C)c1ccccc1NC(=O)COC(=O)c1ccccc1N=Nc1ccc(O)cc1. The molecule has 2 N–H and O–H groups in total. The first-order chi connectivity index (χ1) is 14.9. The van der Waals surface area contributed by atoms with Crippen LogP contribution in [-0.4, -0.2) is 23.6 Å². The van der Waals surface area contributed by atoms with Gasteiger partial charge in [-0.05, 0) is 53.9 Å². The van der Waals surface area contributed by atoms with Crippen molar-refractivity contribution >= 4 is 28.9 Å². The summed E-state index contributed by atoms with van der Waals surface area (Å²) >= 11 is 0. The van der Waals surface area contributed by atoms with E-state index < -0.39 is 18.5 Å². The Labute approximate surface area is 180 Å². The Balaban J connectivity index is 1.65. The number of hydrogen-bond acceptors (Lipinski definition) is 6. The van der Waals surface area contributed by atoms with Gasteiger partial charge in [-0.25, -0.2) is 4.79 Å². The molecule has 0 fully saturated rings. The van der Waals surface area contributed by atoms with E-state index in [4.69, 9.17) is 4.74 Å². The first-order valence-electron chi connectivity index (χ1n) is 9.79. The van der Waals surface area contributed by atoms with Crippen LogP contribution in [0.15, 0.2) is 83.0 Å². The molecule has 3 aromatic rings. The number of nitrogens with one attached hydrogen (secondary N) is 1. The largest absolute Gasteiger partial charge is 0.508 e. The molecule has 31 heavy (non-hydrogen) atoms. The molecule has 0 spiro atoms. The highest BCUT2D eigenvalue weighted by Gasteiger charge is 2.15. The number of benzene rings is 3. The van der Waals surface area contributed by atoms with Crippen molar-refractivity contribution in [2.75, 3.05) is 11.9 Å². The lowest BCUT2D eigenvalue weighted by Gasteiger charge is -2.13. The molecule has 0 aromatic heterocycles. The molecule has 0 aliphatic carbocycles. The third-order valence-corrected chi connectivity index (χ3v) is 4.44. The molecule has 7 heteroatoms. The zero-order valence-electron chi connectivity index (χ0n) is 17.3. The van der Waals surface area contributed by atoms with Crippen LogP contribution in [0.3, 0.4) is 0 Å². The summed E-state index contributed by atoms with van der Waals surface area (Å²) in [5, 5.41) is 20.3. The Hall–Kier alpha value is -4.00. The van der Waals surface area contributed by atoms with Crippen molar-refractivity contribution in [1.82, 2.24) is 0 Å². The minimum absolute atomic E-state index is 0.122. The number of hydrogen-bond donors (Lipinski definition) is 2. The number of carbonyl (C=O) groups is 2. The van der Waals surface area contributed by atoms with Crippen molar-refractivity contribution in [2.45, 2.75) is 19.8 Å². The molecule has 0 heterocycles. The highest BCUT2D eigenvalue weighted by molar-refractivity contribution is 5.98. The van der Waals surface area contributed by atoms with Gasteiger partial charge in [0.25, 0.3) is 5.91 Å². The highest BCUT2D eigenvalue weighted by atomic mass is 16.5. The minimum atomic E-state index is -0.674. The van der Waals surface area contributed by atoms with Crippen LogP contribution in [0, 0.1) is 0 Å². The summed E-state index contributed by atoms with van der Waals surface area (Å²) in [7, 11) is 0. The van der Waals surface area contributed by atoms with Crippen LogP contribution in [0.25, 0.3) is 0 Å². The van der Waals surface area contributed by atoms with Crippen LogP contribution >= 0.6 is 0 Å². The Morgan fingerprint density at radius 3 is 2.35 bits per heavy atom. The summed E-state index contributed by atoms with van der Waals surface area (Å²) < 4.78 is 5.19. The van der Waals surface area contributed by atoms with E-state index in [1.165, 1.54) is 12.1 Å². The first-order valence-corrected chi connectivity index (χ1v) is 9.79. The van der Waals surface area contributed by atoms with Crippen molar-refractivity contribution < 1.29 is 19.4 Å². The second-order valence-corrected chi connectivity index (χ2v) is 7.10. The Morgan fingerprint density at radius 1 is 0.935 bits per heavy atom. The average Bonchev–Trinajstić information content (AvgIpc) is 2.77. The van der Waals surface area contributed by atoms with Gasteiger partial charge < -0.3 is 15.2 Å². The lowest BCUT2D eigenvalue weighted by Crippen LogP contribution is -2.21. The van der Waals surface area contributed by atoms with E-state index in [-0.39, 0.29) is 17.2 Å². The zero-order valence-corrected chi connectivity index (χ0v) is 17.3. The molecule has 0 radical (unpaired) electrons. The van der Waals surface area contributed by atoms with Gasteiger partial charge in [0.2, 0.25) is 0 Å². The molecule has 1 amide bonds. The number of azo groups is 1. The Morgan fingerprint density at radius 2 is 1.61 bits per heavy atom. The van der Waals surface area contributed by atoms with E-state index in [0.717, 1.165) is 5.56 Å². The summed E-state index contributed by atoms with van der Waals surface area (Å²) in [6.07, 6.45) is 0. The van der Waals surface area contributed by atoms with Gasteiger partial charge in [-0.3, -0.25) is 4.79 Å². The zero-order chi connectivity index (χ0) is 22.2. The first kappa shape index (κ1) is 21.7. The molecule has 7 nitrogen and oxygen atoms in total. The number of nitrogens with zero attached hydrogens (tertiary/aromatic N) is 2. The van der Waals surface area contributed by atoms with E-state index in [1.54, 1.807) is 36.4 Å². The topological polar surface area (TPSA) is 100 Å².